The molecule has 0 aromatic rings. The van der Waals surface area contributed by atoms with Gasteiger partial charge in [0.2, 0.25) is 0 Å². The standard InChI is InChI=1S/C9H16N2O3/c1-14-9(13)8(12)11-7-4-2-6(10)3-5-7/h6-7H,2-5,10H2,1H3,(H,11,12). The molecule has 0 bridgehead atoms. The number of amides is 1. The molecule has 1 amide bonds. The van der Waals surface area contributed by atoms with Crippen molar-refractivity contribution in [1.29, 1.82) is 0 Å². The molecule has 14 heavy (non-hydrogen) atoms. The van der Waals surface area contributed by atoms with Gasteiger partial charge in [-0.2, -0.15) is 0 Å². The predicted octanol–water partition coefficient (Wildman–Crippen LogP) is -0.454. The molecule has 0 aliphatic heterocycles. The Morgan fingerprint density at radius 2 is 1.86 bits per heavy atom. The van der Waals surface area contributed by atoms with Gasteiger partial charge in [0.25, 0.3) is 0 Å². The zero-order chi connectivity index (χ0) is 10.6. The summed E-state index contributed by atoms with van der Waals surface area (Å²) in [6.07, 6.45) is 3.46. The minimum Gasteiger partial charge on any atom is -0.462 e. The Labute approximate surface area is 83.0 Å². The van der Waals surface area contributed by atoms with E-state index in [0.717, 1.165) is 25.7 Å². The van der Waals surface area contributed by atoms with Crippen LogP contribution in [0.1, 0.15) is 25.7 Å². The predicted molar refractivity (Wildman–Crippen MR) is 50.4 cm³/mol. The Morgan fingerprint density at radius 3 is 2.36 bits per heavy atom. The highest BCUT2D eigenvalue weighted by Gasteiger charge is 2.23. The molecule has 1 aliphatic carbocycles. The van der Waals surface area contributed by atoms with Crippen molar-refractivity contribution < 1.29 is 14.3 Å². The van der Waals surface area contributed by atoms with Gasteiger partial charge in [-0.25, -0.2) is 4.79 Å². The first kappa shape index (κ1) is 11.0. The van der Waals surface area contributed by atoms with Crippen molar-refractivity contribution in [3.05, 3.63) is 0 Å². The van der Waals surface area contributed by atoms with Crippen LogP contribution in [0.3, 0.4) is 0 Å². The number of esters is 1. The van der Waals surface area contributed by atoms with E-state index in [2.05, 4.69) is 10.1 Å². The first-order valence-corrected chi connectivity index (χ1v) is 4.78. The number of nitrogens with two attached hydrogens (primary N) is 1. The number of methoxy groups -OCH3 is 1. The summed E-state index contributed by atoms with van der Waals surface area (Å²) >= 11 is 0. The van der Waals surface area contributed by atoms with Crippen molar-refractivity contribution in [3.63, 3.8) is 0 Å². The number of ether oxygens (including phenoxy) is 1. The third-order valence-electron chi connectivity index (χ3n) is 2.48. The van der Waals surface area contributed by atoms with Crippen LogP contribution in [0.2, 0.25) is 0 Å². The lowest BCUT2D eigenvalue weighted by Gasteiger charge is -2.26. The van der Waals surface area contributed by atoms with Crippen LogP contribution < -0.4 is 11.1 Å². The van der Waals surface area contributed by atoms with E-state index >= 15 is 0 Å². The first-order valence-electron chi connectivity index (χ1n) is 4.78. The summed E-state index contributed by atoms with van der Waals surface area (Å²) in [7, 11) is 1.19. The van der Waals surface area contributed by atoms with Crippen LogP contribution in [0.5, 0.6) is 0 Å². The summed E-state index contributed by atoms with van der Waals surface area (Å²) in [6, 6.07) is 0.308. The van der Waals surface area contributed by atoms with Gasteiger partial charge in [0.1, 0.15) is 0 Å². The maximum Gasteiger partial charge on any atom is 0.396 e. The van der Waals surface area contributed by atoms with E-state index in [0.29, 0.717) is 0 Å². The van der Waals surface area contributed by atoms with Crippen molar-refractivity contribution in [1.82, 2.24) is 5.32 Å². The average Bonchev–Trinajstić information content (AvgIpc) is 2.20. The van der Waals surface area contributed by atoms with Gasteiger partial charge >= 0.3 is 11.9 Å². The number of hydrogen-bond acceptors (Lipinski definition) is 4. The van der Waals surface area contributed by atoms with E-state index in [1.54, 1.807) is 0 Å². The van der Waals surface area contributed by atoms with Crippen molar-refractivity contribution in [2.75, 3.05) is 7.11 Å². The van der Waals surface area contributed by atoms with E-state index in [9.17, 15) is 9.59 Å². The van der Waals surface area contributed by atoms with Crippen LogP contribution in [0, 0.1) is 0 Å². The Hall–Kier alpha value is -1.10. The van der Waals surface area contributed by atoms with Crippen LogP contribution in [0.25, 0.3) is 0 Å². The third kappa shape index (κ3) is 2.99. The summed E-state index contributed by atoms with van der Waals surface area (Å²) < 4.78 is 4.30. The molecule has 80 valence electrons. The Balaban J connectivity index is 2.31. The molecule has 0 atom stereocenters. The molecule has 3 N–H and O–H groups in total. The van der Waals surface area contributed by atoms with E-state index in [4.69, 9.17) is 5.73 Å². The minimum atomic E-state index is -0.833. The number of nitrogens with one attached hydrogen (secondary N) is 1. The normalized spacial score (nSPS) is 26.7. The van der Waals surface area contributed by atoms with Gasteiger partial charge in [0, 0.05) is 12.1 Å². The van der Waals surface area contributed by atoms with Gasteiger partial charge in [-0.15, -0.1) is 0 Å². The SMILES string of the molecule is COC(=O)C(=O)NC1CCC(N)CC1. The van der Waals surface area contributed by atoms with Crippen molar-refractivity contribution in [2.24, 2.45) is 5.73 Å². The highest BCUT2D eigenvalue weighted by atomic mass is 16.5. The second-order valence-electron chi connectivity index (χ2n) is 3.58. The van der Waals surface area contributed by atoms with Crippen LogP contribution >= 0.6 is 0 Å². The number of hydrogen-bond donors (Lipinski definition) is 2. The lowest BCUT2D eigenvalue weighted by atomic mass is 9.92. The van der Waals surface area contributed by atoms with E-state index in [-0.39, 0.29) is 12.1 Å². The van der Waals surface area contributed by atoms with Gasteiger partial charge in [-0.1, -0.05) is 0 Å². The minimum absolute atomic E-state index is 0.0707. The zero-order valence-corrected chi connectivity index (χ0v) is 8.29. The lowest BCUT2D eigenvalue weighted by molar-refractivity contribution is -0.153. The quantitative estimate of drug-likeness (QED) is 0.443. The Kier molecular flexibility index (Phi) is 3.88. The molecule has 1 saturated carbocycles. The lowest BCUT2D eigenvalue weighted by Crippen LogP contribution is -2.43. The molecule has 0 radical (unpaired) electrons. The second kappa shape index (κ2) is 4.95. The Bertz CT molecular complexity index is 222. The molecule has 0 unspecified atom stereocenters. The molecule has 1 aliphatic rings. The Morgan fingerprint density at radius 1 is 1.29 bits per heavy atom. The molecule has 1 rings (SSSR count). The molecule has 0 heterocycles. The fourth-order valence-electron chi connectivity index (χ4n) is 1.60. The third-order valence-corrected chi connectivity index (χ3v) is 2.48. The molecule has 0 saturated heterocycles. The summed E-state index contributed by atoms with van der Waals surface area (Å²) in [5, 5.41) is 2.62. The molecular formula is C9H16N2O3. The summed E-state index contributed by atoms with van der Waals surface area (Å²) in [6.45, 7) is 0. The fraction of sp³-hybridized carbons (Fsp3) is 0.778. The monoisotopic (exact) mass is 200 g/mol. The van der Waals surface area contributed by atoms with Crippen LogP contribution in [0.15, 0.2) is 0 Å². The second-order valence-corrected chi connectivity index (χ2v) is 3.58. The molecule has 5 heteroatoms. The maximum absolute atomic E-state index is 11.1. The smallest absolute Gasteiger partial charge is 0.396 e. The van der Waals surface area contributed by atoms with Crippen LogP contribution in [-0.2, 0) is 14.3 Å². The number of rotatable bonds is 1. The van der Waals surface area contributed by atoms with Crippen molar-refractivity contribution in [3.8, 4) is 0 Å². The molecule has 1 fully saturated rings. The van der Waals surface area contributed by atoms with Crippen LogP contribution in [-0.4, -0.2) is 31.1 Å². The van der Waals surface area contributed by atoms with Gasteiger partial charge in [0.15, 0.2) is 0 Å². The molecule has 5 nitrogen and oxygen atoms in total. The summed E-state index contributed by atoms with van der Waals surface area (Å²) in [5.74, 6) is -1.49. The molecular weight excluding hydrogens is 184 g/mol. The maximum atomic E-state index is 11.1. The molecule has 0 aromatic carbocycles. The van der Waals surface area contributed by atoms with Gasteiger partial charge < -0.3 is 15.8 Å². The first-order chi connectivity index (χ1) is 6.63. The largest absolute Gasteiger partial charge is 0.462 e. The molecule has 0 aromatic heterocycles. The van der Waals surface area contributed by atoms with Gasteiger partial charge in [0.05, 0.1) is 7.11 Å². The average molecular weight is 200 g/mol. The summed E-state index contributed by atoms with van der Waals surface area (Å²) in [4.78, 5) is 21.9. The topological polar surface area (TPSA) is 81.4 Å². The fourth-order valence-corrected chi connectivity index (χ4v) is 1.60. The van der Waals surface area contributed by atoms with Gasteiger partial charge in [-0.05, 0) is 25.7 Å². The van der Waals surface area contributed by atoms with Gasteiger partial charge in [-0.3, -0.25) is 4.79 Å². The van der Waals surface area contributed by atoms with Crippen molar-refractivity contribution >= 4 is 11.9 Å². The van der Waals surface area contributed by atoms with E-state index in [1.807, 2.05) is 0 Å². The van der Waals surface area contributed by atoms with Crippen molar-refractivity contribution in [2.45, 2.75) is 37.8 Å². The zero-order valence-electron chi connectivity index (χ0n) is 8.29. The highest BCUT2D eigenvalue weighted by molar-refractivity contribution is 6.32. The molecule has 0 spiro atoms. The number of carbonyl (C=O) groups is 2. The number of carbonyl (C=O) groups excluding carboxylic acids is 2. The highest BCUT2D eigenvalue weighted by Crippen LogP contribution is 2.16. The van der Waals surface area contributed by atoms with E-state index < -0.39 is 11.9 Å². The van der Waals surface area contributed by atoms with E-state index in [1.165, 1.54) is 7.11 Å². The summed E-state index contributed by atoms with van der Waals surface area (Å²) in [5.41, 5.74) is 5.71. The van der Waals surface area contributed by atoms with Crippen LogP contribution in [0.4, 0.5) is 0 Å².